The number of fused-ring (bicyclic) bond motifs is 2. The molecule has 0 saturated carbocycles. The van der Waals surface area contributed by atoms with Gasteiger partial charge < -0.3 is 4.74 Å². The smallest absolute Gasteiger partial charge is 0.0658 e. The highest BCUT2D eigenvalue weighted by atomic mass is 16.5. The van der Waals surface area contributed by atoms with Crippen molar-refractivity contribution in [2.75, 3.05) is 13.2 Å². The summed E-state index contributed by atoms with van der Waals surface area (Å²) in [5.74, 6) is 0. The molecular weight excluding hydrogens is 306 g/mol. The Morgan fingerprint density at radius 1 is 0.960 bits per heavy atom. The molecule has 2 aliphatic heterocycles. The molecule has 2 aromatic carbocycles. The standard InChI is InChI=1S/C23H27NO/c1-16-9-18(3)23(10-17(16)2)20-11-21-14-25-15-22(12-20)24(21)13-19-7-5-4-6-8-19/h4-11,21-22H,12-15H2,1-3H3. The topological polar surface area (TPSA) is 12.5 Å². The average molecular weight is 333 g/mol. The third-order valence-electron chi connectivity index (χ3n) is 5.74. The van der Waals surface area contributed by atoms with Crippen molar-refractivity contribution in [3.63, 3.8) is 0 Å². The first-order chi connectivity index (χ1) is 12.1. The normalized spacial score (nSPS) is 23.4. The average Bonchev–Trinajstić information content (AvgIpc) is 2.59. The van der Waals surface area contributed by atoms with E-state index in [1.165, 1.54) is 33.4 Å². The van der Waals surface area contributed by atoms with Gasteiger partial charge in [-0.25, -0.2) is 0 Å². The Bertz CT molecular complexity index is 793. The van der Waals surface area contributed by atoms with E-state index in [-0.39, 0.29) is 0 Å². The van der Waals surface area contributed by atoms with E-state index < -0.39 is 0 Å². The van der Waals surface area contributed by atoms with Crippen molar-refractivity contribution in [3.8, 4) is 0 Å². The molecule has 0 spiro atoms. The predicted molar refractivity (Wildman–Crippen MR) is 104 cm³/mol. The van der Waals surface area contributed by atoms with Crippen molar-refractivity contribution in [1.82, 2.24) is 4.90 Å². The summed E-state index contributed by atoms with van der Waals surface area (Å²) in [5, 5.41) is 0. The molecule has 0 N–H and O–H groups in total. The van der Waals surface area contributed by atoms with Gasteiger partial charge in [-0.2, -0.15) is 0 Å². The van der Waals surface area contributed by atoms with Crippen molar-refractivity contribution in [3.05, 3.63) is 76.4 Å². The third kappa shape index (κ3) is 3.29. The first-order valence-electron chi connectivity index (χ1n) is 9.28. The summed E-state index contributed by atoms with van der Waals surface area (Å²) in [4.78, 5) is 2.62. The summed E-state index contributed by atoms with van der Waals surface area (Å²) in [6, 6.07) is 16.4. The van der Waals surface area contributed by atoms with Gasteiger partial charge in [-0.05, 0) is 60.6 Å². The van der Waals surface area contributed by atoms with E-state index in [0.29, 0.717) is 12.1 Å². The maximum absolute atomic E-state index is 5.88. The van der Waals surface area contributed by atoms with E-state index in [9.17, 15) is 0 Å². The van der Waals surface area contributed by atoms with Gasteiger partial charge >= 0.3 is 0 Å². The number of nitrogens with zero attached hydrogens (tertiary/aromatic N) is 1. The second kappa shape index (κ2) is 6.78. The van der Waals surface area contributed by atoms with Gasteiger partial charge in [-0.1, -0.05) is 48.5 Å². The Kier molecular flexibility index (Phi) is 4.49. The molecule has 2 atom stereocenters. The summed E-state index contributed by atoms with van der Waals surface area (Å²) in [7, 11) is 0. The zero-order valence-corrected chi connectivity index (χ0v) is 15.5. The van der Waals surface area contributed by atoms with Gasteiger partial charge in [-0.15, -0.1) is 0 Å². The van der Waals surface area contributed by atoms with Gasteiger partial charge in [0.1, 0.15) is 0 Å². The molecule has 1 fully saturated rings. The van der Waals surface area contributed by atoms with E-state index in [2.05, 4.69) is 74.2 Å². The van der Waals surface area contributed by atoms with Crippen LogP contribution in [0.2, 0.25) is 0 Å². The lowest BCUT2D eigenvalue weighted by atomic mass is 9.86. The molecule has 0 aliphatic carbocycles. The number of hydrogen-bond acceptors (Lipinski definition) is 2. The molecule has 130 valence electrons. The van der Waals surface area contributed by atoms with Gasteiger partial charge in [0.25, 0.3) is 0 Å². The maximum atomic E-state index is 5.88. The van der Waals surface area contributed by atoms with E-state index in [0.717, 1.165) is 26.2 Å². The van der Waals surface area contributed by atoms with Crippen molar-refractivity contribution in [2.45, 2.75) is 45.8 Å². The van der Waals surface area contributed by atoms with Crippen LogP contribution in [0.5, 0.6) is 0 Å². The minimum Gasteiger partial charge on any atom is -0.378 e. The summed E-state index contributed by atoms with van der Waals surface area (Å²) < 4.78 is 5.88. The molecule has 0 aromatic heterocycles. The van der Waals surface area contributed by atoms with Gasteiger partial charge in [0.15, 0.2) is 0 Å². The molecule has 25 heavy (non-hydrogen) atoms. The first kappa shape index (κ1) is 16.6. The van der Waals surface area contributed by atoms with Crippen LogP contribution in [0, 0.1) is 20.8 Å². The lowest BCUT2D eigenvalue weighted by Gasteiger charge is -2.45. The molecule has 2 unspecified atom stereocenters. The van der Waals surface area contributed by atoms with Crippen molar-refractivity contribution >= 4 is 5.57 Å². The fourth-order valence-electron chi connectivity index (χ4n) is 4.21. The first-order valence-corrected chi connectivity index (χ1v) is 9.28. The van der Waals surface area contributed by atoms with Crippen molar-refractivity contribution in [1.29, 1.82) is 0 Å². The van der Waals surface area contributed by atoms with Crippen LogP contribution >= 0.6 is 0 Å². The number of rotatable bonds is 3. The minimum atomic E-state index is 0.378. The van der Waals surface area contributed by atoms with Crippen molar-refractivity contribution < 1.29 is 4.74 Å². The minimum absolute atomic E-state index is 0.378. The molecule has 2 nitrogen and oxygen atoms in total. The number of aryl methyl sites for hydroxylation is 3. The molecule has 2 heterocycles. The van der Waals surface area contributed by atoms with Crippen LogP contribution in [0.3, 0.4) is 0 Å². The van der Waals surface area contributed by atoms with Gasteiger partial charge in [0.05, 0.1) is 19.3 Å². The molecular formula is C23H27NO. The van der Waals surface area contributed by atoms with Crippen LogP contribution in [-0.4, -0.2) is 30.2 Å². The Balaban J connectivity index is 1.64. The Morgan fingerprint density at radius 2 is 1.72 bits per heavy atom. The molecule has 4 rings (SSSR count). The van der Waals surface area contributed by atoms with Crippen LogP contribution in [-0.2, 0) is 11.3 Å². The summed E-state index contributed by atoms with van der Waals surface area (Å²) in [6.07, 6.45) is 3.53. The molecule has 0 amide bonds. The number of hydrogen-bond donors (Lipinski definition) is 0. The second-order valence-corrected chi connectivity index (χ2v) is 7.56. The molecule has 0 radical (unpaired) electrons. The zero-order valence-electron chi connectivity index (χ0n) is 15.5. The Hall–Kier alpha value is -1.90. The molecule has 2 bridgehead atoms. The molecule has 2 heteroatoms. The lowest BCUT2D eigenvalue weighted by Crippen LogP contribution is -2.53. The van der Waals surface area contributed by atoms with Crippen LogP contribution in [0.1, 0.15) is 34.2 Å². The number of benzene rings is 2. The quantitative estimate of drug-likeness (QED) is 0.809. The molecule has 2 aromatic rings. The summed E-state index contributed by atoms with van der Waals surface area (Å²) in [5.41, 5.74) is 8.48. The third-order valence-corrected chi connectivity index (χ3v) is 5.74. The highest BCUT2D eigenvalue weighted by Crippen LogP contribution is 2.35. The Morgan fingerprint density at radius 3 is 2.48 bits per heavy atom. The van der Waals surface area contributed by atoms with Gasteiger partial charge in [0, 0.05) is 12.6 Å². The van der Waals surface area contributed by atoms with Gasteiger partial charge in [0.2, 0.25) is 0 Å². The predicted octanol–water partition coefficient (Wildman–Crippen LogP) is 4.67. The highest BCUT2D eigenvalue weighted by Gasteiger charge is 2.35. The fraction of sp³-hybridized carbons (Fsp3) is 0.391. The van der Waals surface area contributed by atoms with Crippen LogP contribution in [0.15, 0.2) is 48.5 Å². The lowest BCUT2D eigenvalue weighted by molar-refractivity contribution is -0.0402. The van der Waals surface area contributed by atoms with E-state index in [1.807, 2.05) is 0 Å². The molecule has 2 aliphatic rings. The molecule has 1 saturated heterocycles. The Labute approximate surface area is 151 Å². The van der Waals surface area contributed by atoms with Crippen LogP contribution in [0.25, 0.3) is 5.57 Å². The van der Waals surface area contributed by atoms with Gasteiger partial charge in [-0.3, -0.25) is 4.90 Å². The largest absolute Gasteiger partial charge is 0.378 e. The van der Waals surface area contributed by atoms with Crippen LogP contribution in [0.4, 0.5) is 0 Å². The second-order valence-electron chi connectivity index (χ2n) is 7.56. The summed E-state index contributed by atoms with van der Waals surface area (Å²) in [6.45, 7) is 9.31. The maximum Gasteiger partial charge on any atom is 0.0658 e. The number of morpholine rings is 1. The summed E-state index contributed by atoms with van der Waals surface area (Å²) >= 11 is 0. The SMILES string of the molecule is Cc1cc(C)c(C2=CC3COCC(C2)N3Cc2ccccc2)cc1C. The monoisotopic (exact) mass is 333 g/mol. The van der Waals surface area contributed by atoms with E-state index in [4.69, 9.17) is 4.74 Å². The van der Waals surface area contributed by atoms with Crippen molar-refractivity contribution in [2.24, 2.45) is 0 Å². The van der Waals surface area contributed by atoms with Crippen LogP contribution < -0.4 is 0 Å². The number of ether oxygens (including phenoxy) is 1. The highest BCUT2D eigenvalue weighted by molar-refractivity contribution is 5.71. The fourth-order valence-corrected chi connectivity index (χ4v) is 4.21. The van der Waals surface area contributed by atoms with E-state index >= 15 is 0 Å². The zero-order chi connectivity index (χ0) is 17.4. The van der Waals surface area contributed by atoms with E-state index in [1.54, 1.807) is 0 Å².